The van der Waals surface area contributed by atoms with Gasteiger partial charge in [0.25, 0.3) is 5.91 Å². The molecule has 0 aliphatic heterocycles. The predicted molar refractivity (Wildman–Crippen MR) is 85.5 cm³/mol. The minimum absolute atomic E-state index is 0.246. The van der Waals surface area contributed by atoms with Gasteiger partial charge in [-0.15, -0.1) is 11.3 Å². The lowest BCUT2D eigenvalue weighted by Crippen LogP contribution is -2.17. The highest BCUT2D eigenvalue weighted by molar-refractivity contribution is 9.10. The second-order valence-electron chi connectivity index (χ2n) is 4.27. The third kappa shape index (κ3) is 3.37. The van der Waals surface area contributed by atoms with Gasteiger partial charge in [-0.05, 0) is 34.1 Å². The van der Waals surface area contributed by atoms with E-state index >= 15 is 0 Å². The monoisotopic (exact) mass is 362 g/mol. The number of nitrogens with one attached hydrogen (secondary N) is 1. The number of hydrogen-bond acceptors (Lipinski definition) is 4. The van der Waals surface area contributed by atoms with Gasteiger partial charge < -0.3 is 5.32 Å². The first-order valence-electron chi connectivity index (χ1n) is 6.19. The number of aromatic nitrogens is 3. The summed E-state index contributed by atoms with van der Waals surface area (Å²) >= 11 is 5.07. The van der Waals surface area contributed by atoms with Crippen molar-refractivity contribution in [2.45, 2.75) is 6.54 Å². The number of nitrogens with zero attached hydrogens (tertiary/aromatic N) is 3. The van der Waals surface area contributed by atoms with E-state index in [2.05, 4.69) is 31.3 Å². The van der Waals surface area contributed by atoms with Crippen LogP contribution >= 0.6 is 27.3 Å². The maximum atomic E-state index is 12.1. The summed E-state index contributed by atoms with van der Waals surface area (Å²) in [5.41, 5.74) is 0.379. The van der Waals surface area contributed by atoms with Crippen LogP contribution in [-0.2, 0) is 6.54 Å². The van der Waals surface area contributed by atoms with Crippen LogP contribution in [0.3, 0.4) is 0 Å². The van der Waals surface area contributed by atoms with Gasteiger partial charge in [0.05, 0.1) is 12.7 Å². The van der Waals surface area contributed by atoms with E-state index in [9.17, 15) is 4.79 Å². The summed E-state index contributed by atoms with van der Waals surface area (Å²) in [6.45, 7) is 0.612. The van der Waals surface area contributed by atoms with E-state index in [1.54, 1.807) is 52.7 Å². The maximum Gasteiger partial charge on any atom is 0.275 e. The third-order valence-electron chi connectivity index (χ3n) is 2.78. The van der Waals surface area contributed by atoms with E-state index in [1.807, 2.05) is 11.4 Å². The van der Waals surface area contributed by atoms with Gasteiger partial charge >= 0.3 is 0 Å². The summed E-state index contributed by atoms with van der Waals surface area (Å²) in [6, 6.07) is 9.03. The maximum absolute atomic E-state index is 12.1. The van der Waals surface area contributed by atoms with E-state index in [4.69, 9.17) is 0 Å². The number of thiophene rings is 1. The molecule has 0 bridgehead atoms. The Hall–Kier alpha value is -1.99. The fourth-order valence-electron chi connectivity index (χ4n) is 1.83. The fourth-order valence-corrected chi connectivity index (χ4v) is 3.26. The Labute approximate surface area is 133 Å². The number of rotatable bonds is 4. The Kier molecular flexibility index (Phi) is 4.12. The zero-order valence-corrected chi connectivity index (χ0v) is 13.3. The minimum atomic E-state index is -0.246. The summed E-state index contributed by atoms with van der Waals surface area (Å²) in [5, 5.41) is 9.08. The highest BCUT2D eigenvalue weighted by Crippen LogP contribution is 2.21. The lowest BCUT2D eigenvalue weighted by atomic mass is 10.3. The molecular formula is C14H11BrN4OS. The van der Waals surface area contributed by atoms with Crippen LogP contribution < -0.4 is 5.32 Å². The molecule has 0 saturated carbocycles. The van der Waals surface area contributed by atoms with Gasteiger partial charge in [0.2, 0.25) is 0 Å². The fraction of sp³-hybridized carbons (Fsp3) is 0.0714. The molecular weight excluding hydrogens is 352 g/mol. The zero-order chi connectivity index (χ0) is 14.7. The number of halogens is 1. The first-order chi connectivity index (χ1) is 10.2. The topological polar surface area (TPSA) is 59.8 Å². The van der Waals surface area contributed by atoms with Crippen LogP contribution in [0.2, 0.25) is 0 Å². The first kappa shape index (κ1) is 14.0. The molecule has 5 nitrogen and oxygen atoms in total. The number of anilines is 1. The highest BCUT2D eigenvalue weighted by Gasteiger charge is 2.11. The highest BCUT2D eigenvalue weighted by atomic mass is 79.9. The van der Waals surface area contributed by atoms with Crippen molar-refractivity contribution in [3.63, 3.8) is 0 Å². The number of carbonyl (C=O) groups is 1. The summed E-state index contributed by atoms with van der Waals surface area (Å²) in [6.07, 6.45) is 3.26. The van der Waals surface area contributed by atoms with E-state index in [-0.39, 0.29) is 5.91 Å². The Morgan fingerprint density at radius 1 is 1.33 bits per heavy atom. The molecule has 0 aromatic carbocycles. The molecule has 1 amide bonds. The molecule has 0 aliphatic carbocycles. The molecule has 21 heavy (non-hydrogen) atoms. The van der Waals surface area contributed by atoms with Crippen molar-refractivity contribution in [1.82, 2.24) is 14.8 Å². The quantitative estimate of drug-likeness (QED) is 0.773. The van der Waals surface area contributed by atoms with Crippen molar-refractivity contribution in [1.29, 1.82) is 0 Å². The molecule has 3 aromatic heterocycles. The Morgan fingerprint density at radius 2 is 2.24 bits per heavy atom. The van der Waals surface area contributed by atoms with Crippen LogP contribution in [-0.4, -0.2) is 20.7 Å². The van der Waals surface area contributed by atoms with Crippen molar-refractivity contribution >= 4 is 39.0 Å². The number of hydrogen-bond donors (Lipinski definition) is 1. The molecule has 0 spiro atoms. The average molecular weight is 363 g/mol. The normalized spacial score (nSPS) is 10.5. The van der Waals surface area contributed by atoms with E-state index in [0.717, 1.165) is 9.35 Å². The number of pyridine rings is 1. The van der Waals surface area contributed by atoms with Crippen LogP contribution in [0.5, 0.6) is 0 Å². The summed E-state index contributed by atoms with van der Waals surface area (Å²) in [5.74, 6) is 0.403. The molecule has 0 radical (unpaired) electrons. The molecule has 0 atom stereocenters. The van der Waals surface area contributed by atoms with Gasteiger partial charge in [0, 0.05) is 27.0 Å². The van der Waals surface area contributed by atoms with Crippen LogP contribution in [0.15, 0.2) is 52.6 Å². The van der Waals surface area contributed by atoms with Crippen molar-refractivity contribution < 1.29 is 4.79 Å². The van der Waals surface area contributed by atoms with Crippen molar-refractivity contribution in [2.24, 2.45) is 0 Å². The molecule has 1 N–H and O–H groups in total. The van der Waals surface area contributed by atoms with E-state index in [0.29, 0.717) is 18.1 Å². The van der Waals surface area contributed by atoms with Gasteiger partial charge in [0.1, 0.15) is 11.5 Å². The predicted octanol–water partition coefficient (Wildman–Crippen LogP) is 3.40. The van der Waals surface area contributed by atoms with Crippen molar-refractivity contribution in [3.8, 4) is 0 Å². The Morgan fingerprint density at radius 3 is 2.95 bits per heavy atom. The zero-order valence-electron chi connectivity index (χ0n) is 10.9. The standard InChI is InChI=1S/C14H11BrN4OS/c15-10-7-11(21-9-10)8-19-13(4-6-17-19)18-14(20)12-3-1-2-5-16-12/h1-7,9H,8H2,(H,18,20). The minimum Gasteiger partial charge on any atom is -0.305 e. The van der Waals surface area contributed by atoms with Gasteiger partial charge in [0.15, 0.2) is 0 Å². The van der Waals surface area contributed by atoms with Crippen LogP contribution in [0, 0.1) is 0 Å². The van der Waals surface area contributed by atoms with Crippen LogP contribution in [0.1, 0.15) is 15.4 Å². The smallest absolute Gasteiger partial charge is 0.275 e. The van der Waals surface area contributed by atoms with Crippen molar-refractivity contribution in [2.75, 3.05) is 5.32 Å². The Balaban J connectivity index is 1.75. The number of carbonyl (C=O) groups excluding carboxylic acids is 1. The molecule has 3 rings (SSSR count). The van der Waals surface area contributed by atoms with Crippen LogP contribution in [0.25, 0.3) is 0 Å². The van der Waals surface area contributed by atoms with Crippen molar-refractivity contribution in [3.05, 3.63) is 63.1 Å². The molecule has 0 saturated heterocycles. The largest absolute Gasteiger partial charge is 0.305 e. The summed E-state index contributed by atoms with van der Waals surface area (Å²) in [4.78, 5) is 17.3. The second kappa shape index (κ2) is 6.19. The summed E-state index contributed by atoms with van der Waals surface area (Å²) in [7, 11) is 0. The van der Waals surface area contributed by atoms with Gasteiger partial charge in [-0.1, -0.05) is 6.07 Å². The SMILES string of the molecule is O=C(Nc1ccnn1Cc1cc(Br)cs1)c1ccccn1. The molecule has 7 heteroatoms. The van der Waals surface area contributed by atoms with Gasteiger partial charge in [-0.2, -0.15) is 5.10 Å². The lowest BCUT2D eigenvalue weighted by molar-refractivity contribution is 0.102. The molecule has 3 aromatic rings. The van der Waals surface area contributed by atoms with E-state index in [1.165, 1.54) is 0 Å². The third-order valence-corrected chi connectivity index (χ3v) is 4.47. The van der Waals surface area contributed by atoms with Gasteiger partial charge in [-0.25, -0.2) is 4.68 Å². The average Bonchev–Trinajstić information content (AvgIpc) is 3.10. The van der Waals surface area contributed by atoms with Crippen LogP contribution in [0.4, 0.5) is 5.82 Å². The molecule has 3 heterocycles. The Bertz CT molecular complexity index is 753. The summed E-state index contributed by atoms with van der Waals surface area (Å²) < 4.78 is 2.80. The van der Waals surface area contributed by atoms with Gasteiger partial charge in [-0.3, -0.25) is 9.78 Å². The molecule has 0 fully saturated rings. The number of amides is 1. The second-order valence-corrected chi connectivity index (χ2v) is 6.19. The lowest BCUT2D eigenvalue weighted by Gasteiger charge is -2.07. The first-order valence-corrected chi connectivity index (χ1v) is 7.87. The molecule has 0 aliphatic rings. The molecule has 106 valence electrons. The van der Waals surface area contributed by atoms with E-state index < -0.39 is 0 Å². The molecule has 0 unspecified atom stereocenters.